The largest absolute Gasteiger partial charge is 0.481 e. The third-order valence-corrected chi connectivity index (χ3v) is 7.93. The van der Waals surface area contributed by atoms with Crippen molar-refractivity contribution >= 4 is 28.2 Å². The number of nitrogens with one attached hydrogen (secondary N) is 1. The molecular weight excluding hydrogens is 384 g/mol. The van der Waals surface area contributed by atoms with Crippen molar-refractivity contribution in [1.82, 2.24) is 0 Å². The van der Waals surface area contributed by atoms with Gasteiger partial charge in [0.25, 0.3) is 0 Å². The van der Waals surface area contributed by atoms with Gasteiger partial charge in [-0.1, -0.05) is 31.9 Å². The molecular formula is C23H30N2O3S. The summed E-state index contributed by atoms with van der Waals surface area (Å²) in [5.74, 6) is -2.00. The first kappa shape index (κ1) is 21.6. The van der Waals surface area contributed by atoms with Crippen molar-refractivity contribution in [2.24, 2.45) is 23.2 Å². The third kappa shape index (κ3) is 4.25. The predicted molar refractivity (Wildman–Crippen MR) is 115 cm³/mol. The molecule has 0 aliphatic heterocycles. The number of nitrogens with zero attached hydrogens (tertiary/aromatic N) is 1. The summed E-state index contributed by atoms with van der Waals surface area (Å²) in [4.78, 5) is 26.0. The maximum absolute atomic E-state index is 13.0. The second-order valence-electron chi connectivity index (χ2n) is 9.63. The fraction of sp³-hybridized carbons (Fsp3) is 0.609. The number of hydrogen-bond acceptors (Lipinski definition) is 4. The van der Waals surface area contributed by atoms with E-state index in [-0.39, 0.29) is 11.3 Å². The van der Waals surface area contributed by atoms with Gasteiger partial charge in [0.2, 0.25) is 5.91 Å². The van der Waals surface area contributed by atoms with Crippen molar-refractivity contribution in [3.05, 3.63) is 27.2 Å². The number of carbonyl (C=O) groups is 2. The molecule has 0 unspecified atom stereocenters. The lowest BCUT2D eigenvalue weighted by atomic mass is 9.72. The van der Waals surface area contributed by atoms with Gasteiger partial charge >= 0.3 is 5.97 Å². The van der Waals surface area contributed by atoms with Crippen molar-refractivity contribution in [1.29, 1.82) is 5.26 Å². The maximum atomic E-state index is 13.0. The number of allylic oxidation sites excluding steroid dienone is 2. The maximum Gasteiger partial charge on any atom is 0.307 e. The van der Waals surface area contributed by atoms with Gasteiger partial charge in [-0.3, -0.25) is 9.59 Å². The molecule has 0 aromatic carbocycles. The Bertz CT molecular complexity index is 914. The Hall–Kier alpha value is -2.13. The zero-order valence-corrected chi connectivity index (χ0v) is 18.7. The summed E-state index contributed by atoms with van der Waals surface area (Å²) in [6.07, 6.45) is 3.68. The number of carboxylic acid groups (broad SMARTS) is 1. The molecule has 2 N–H and O–H groups in total. The van der Waals surface area contributed by atoms with Crippen LogP contribution < -0.4 is 5.32 Å². The van der Waals surface area contributed by atoms with Gasteiger partial charge < -0.3 is 10.4 Å². The van der Waals surface area contributed by atoms with E-state index in [4.69, 9.17) is 0 Å². The molecule has 2 aliphatic carbocycles. The lowest BCUT2D eigenvalue weighted by molar-refractivity contribution is -0.146. The number of carboxylic acids is 1. The number of carbonyl (C=O) groups excluding carboxylic acids is 1. The van der Waals surface area contributed by atoms with E-state index in [1.54, 1.807) is 0 Å². The normalized spacial score (nSPS) is 24.6. The van der Waals surface area contributed by atoms with Crippen LogP contribution in [0.1, 0.15) is 69.9 Å². The molecule has 3 rings (SSSR count). The molecule has 6 heteroatoms. The Kier molecular flexibility index (Phi) is 5.91. The van der Waals surface area contributed by atoms with Crippen LogP contribution in [0, 0.1) is 34.5 Å². The SMILES string of the molecule is CC1=C(C)C[C@H](C(=O)Nc2sc3c(c2C#N)CC[C@H](C(C)(C)C)C3)[C@@H](C(=O)O)C1. The average Bonchev–Trinajstić information content (AvgIpc) is 2.98. The minimum absolute atomic E-state index is 0.205. The van der Waals surface area contributed by atoms with E-state index in [1.165, 1.54) is 16.2 Å². The molecule has 29 heavy (non-hydrogen) atoms. The topological polar surface area (TPSA) is 90.2 Å². The quantitative estimate of drug-likeness (QED) is 0.669. The highest BCUT2D eigenvalue weighted by molar-refractivity contribution is 7.16. The second kappa shape index (κ2) is 7.95. The first-order chi connectivity index (χ1) is 13.5. The molecule has 0 saturated carbocycles. The number of aliphatic carboxylic acids is 1. The van der Waals surface area contributed by atoms with E-state index in [1.807, 2.05) is 13.8 Å². The molecule has 3 atom stereocenters. The Labute approximate surface area is 176 Å². The molecule has 0 bridgehead atoms. The van der Waals surface area contributed by atoms with Crippen molar-refractivity contribution in [3.8, 4) is 6.07 Å². The van der Waals surface area contributed by atoms with Crippen LogP contribution in [0.3, 0.4) is 0 Å². The van der Waals surface area contributed by atoms with Gasteiger partial charge in [-0.05, 0) is 62.8 Å². The van der Waals surface area contributed by atoms with Crippen LogP contribution in [0.25, 0.3) is 0 Å². The van der Waals surface area contributed by atoms with Gasteiger partial charge in [-0.25, -0.2) is 0 Å². The van der Waals surface area contributed by atoms with Gasteiger partial charge in [-0.15, -0.1) is 11.3 Å². The standard InChI is InChI=1S/C23H30N2O3S/c1-12-8-16(17(22(27)28)9-13(12)2)20(26)25-21-18(11-24)15-7-6-14(23(3,4)5)10-19(15)29-21/h14,16-17H,6-10H2,1-5H3,(H,25,26)(H,27,28)/t14-,16-,17-/m0/s1. The van der Waals surface area contributed by atoms with Gasteiger partial charge in [0, 0.05) is 4.88 Å². The number of rotatable bonds is 3. The molecule has 0 radical (unpaired) electrons. The van der Waals surface area contributed by atoms with Crippen molar-refractivity contribution in [2.75, 3.05) is 5.32 Å². The predicted octanol–water partition coefficient (Wildman–Crippen LogP) is 5.16. The summed E-state index contributed by atoms with van der Waals surface area (Å²) in [6.45, 7) is 10.6. The Morgan fingerprint density at radius 2 is 1.76 bits per heavy atom. The number of amides is 1. The van der Waals surface area contributed by atoms with E-state index in [9.17, 15) is 20.0 Å². The highest BCUT2D eigenvalue weighted by atomic mass is 32.1. The summed E-state index contributed by atoms with van der Waals surface area (Å²) < 4.78 is 0. The van der Waals surface area contributed by atoms with Gasteiger partial charge in [0.05, 0.1) is 17.4 Å². The number of nitriles is 1. The van der Waals surface area contributed by atoms with Crippen molar-refractivity contribution < 1.29 is 14.7 Å². The van der Waals surface area contributed by atoms with Crippen molar-refractivity contribution in [3.63, 3.8) is 0 Å². The van der Waals surface area contributed by atoms with Crippen LogP contribution in [-0.2, 0) is 22.4 Å². The van der Waals surface area contributed by atoms with E-state index < -0.39 is 17.8 Å². The van der Waals surface area contributed by atoms with E-state index in [0.717, 1.165) is 36.0 Å². The monoisotopic (exact) mass is 414 g/mol. The number of fused-ring (bicyclic) bond motifs is 1. The second-order valence-corrected chi connectivity index (χ2v) is 10.7. The van der Waals surface area contributed by atoms with Gasteiger partial charge in [-0.2, -0.15) is 5.26 Å². The minimum Gasteiger partial charge on any atom is -0.481 e. The van der Waals surface area contributed by atoms with Crippen LogP contribution >= 0.6 is 11.3 Å². The Morgan fingerprint density at radius 3 is 2.31 bits per heavy atom. The summed E-state index contributed by atoms with van der Waals surface area (Å²) in [5, 5.41) is 22.9. The molecule has 0 saturated heterocycles. The highest BCUT2D eigenvalue weighted by Crippen LogP contribution is 2.44. The molecule has 0 spiro atoms. The van der Waals surface area contributed by atoms with E-state index in [2.05, 4.69) is 32.2 Å². The molecule has 1 aromatic rings. The summed E-state index contributed by atoms with van der Waals surface area (Å²) in [6, 6.07) is 2.29. The highest BCUT2D eigenvalue weighted by Gasteiger charge is 2.38. The number of thiophene rings is 1. The minimum atomic E-state index is -0.934. The van der Waals surface area contributed by atoms with Gasteiger partial charge in [0.1, 0.15) is 11.1 Å². The van der Waals surface area contributed by atoms with Crippen molar-refractivity contribution in [2.45, 2.75) is 66.7 Å². The molecule has 0 fully saturated rings. The third-order valence-electron chi connectivity index (χ3n) is 6.76. The Balaban J connectivity index is 1.85. The molecule has 2 aliphatic rings. The summed E-state index contributed by atoms with van der Waals surface area (Å²) in [5.41, 5.74) is 3.98. The van der Waals surface area contributed by atoms with E-state index in [0.29, 0.717) is 29.3 Å². The van der Waals surface area contributed by atoms with Gasteiger partial charge in [0.15, 0.2) is 0 Å². The first-order valence-electron chi connectivity index (χ1n) is 10.3. The molecule has 156 valence electrons. The lowest BCUT2D eigenvalue weighted by Gasteiger charge is -2.33. The molecule has 5 nitrogen and oxygen atoms in total. The number of anilines is 1. The molecule has 1 aromatic heterocycles. The zero-order chi connectivity index (χ0) is 21.5. The van der Waals surface area contributed by atoms with Crippen LogP contribution in [0.4, 0.5) is 5.00 Å². The average molecular weight is 415 g/mol. The number of hydrogen-bond donors (Lipinski definition) is 2. The fourth-order valence-electron chi connectivity index (χ4n) is 4.56. The smallest absolute Gasteiger partial charge is 0.307 e. The van der Waals surface area contributed by atoms with E-state index >= 15 is 0 Å². The van der Waals surface area contributed by atoms with Crippen LogP contribution in [0.5, 0.6) is 0 Å². The van der Waals surface area contributed by atoms with Crippen LogP contribution in [0.2, 0.25) is 0 Å². The first-order valence-corrected chi connectivity index (χ1v) is 11.1. The molecule has 1 amide bonds. The summed E-state index contributed by atoms with van der Waals surface area (Å²) >= 11 is 1.50. The zero-order valence-electron chi connectivity index (χ0n) is 17.9. The molecule has 1 heterocycles. The lowest BCUT2D eigenvalue weighted by Crippen LogP contribution is -2.36. The Morgan fingerprint density at radius 1 is 1.14 bits per heavy atom. The van der Waals surface area contributed by atoms with Crippen LogP contribution in [0.15, 0.2) is 11.1 Å². The van der Waals surface area contributed by atoms with Crippen LogP contribution in [-0.4, -0.2) is 17.0 Å². The summed E-state index contributed by atoms with van der Waals surface area (Å²) in [7, 11) is 0. The fourth-order valence-corrected chi connectivity index (χ4v) is 5.84.